The molecule has 1 heteroatoms. The van der Waals surface area contributed by atoms with Crippen LogP contribution < -0.4 is 5.19 Å². The summed E-state index contributed by atoms with van der Waals surface area (Å²) in [4.78, 5) is 0. The third-order valence-electron chi connectivity index (χ3n) is 7.24. The van der Waals surface area contributed by atoms with Crippen molar-refractivity contribution < 1.29 is 0 Å². The molecule has 174 valence electrons. The highest BCUT2D eigenvalue weighted by Gasteiger charge is 2.15. The topological polar surface area (TPSA) is 0 Å². The van der Waals surface area contributed by atoms with Crippen LogP contribution in [0.15, 0.2) is 127 Å². The van der Waals surface area contributed by atoms with Crippen molar-refractivity contribution in [2.24, 2.45) is 0 Å². The van der Waals surface area contributed by atoms with Gasteiger partial charge in [0, 0.05) is 0 Å². The molecule has 6 aromatic carbocycles. The SMILES string of the molecule is C[Si](C)(C)c1ccc(-c2ccc3cc(-c4ccc(-c5cccc6ccccc56)cc4)ccc3c2)cc1. The molecule has 0 aliphatic heterocycles. The zero-order chi connectivity index (χ0) is 24.7. The maximum atomic E-state index is 2.40. The maximum Gasteiger partial charge on any atom is 0.0775 e. The first-order valence-corrected chi connectivity index (χ1v) is 16.2. The maximum absolute atomic E-state index is 2.40. The number of hydrogen-bond donors (Lipinski definition) is 0. The van der Waals surface area contributed by atoms with Crippen molar-refractivity contribution in [1.82, 2.24) is 0 Å². The van der Waals surface area contributed by atoms with Crippen LogP contribution >= 0.6 is 0 Å². The first-order valence-electron chi connectivity index (χ1n) is 12.7. The molecule has 0 heterocycles. The van der Waals surface area contributed by atoms with E-state index >= 15 is 0 Å². The lowest BCUT2D eigenvalue weighted by Gasteiger charge is -2.17. The molecule has 0 unspecified atom stereocenters. The van der Waals surface area contributed by atoms with Gasteiger partial charge in [-0.15, -0.1) is 0 Å². The second-order valence-corrected chi connectivity index (χ2v) is 15.8. The van der Waals surface area contributed by atoms with Crippen molar-refractivity contribution in [1.29, 1.82) is 0 Å². The first-order chi connectivity index (χ1) is 17.5. The molecular formula is C35H30Si. The molecule has 0 bridgehead atoms. The fourth-order valence-electron chi connectivity index (χ4n) is 5.09. The van der Waals surface area contributed by atoms with Gasteiger partial charge in [-0.25, -0.2) is 0 Å². The zero-order valence-corrected chi connectivity index (χ0v) is 22.1. The molecule has 0 amide bonds. The molecule has 36 heavy (non-hydrogen) atoms. The Hall–Kier alpha value is -3.94. The van der Waals surface area contributed by atoms with E-state index in [1.165, 1.54) is 60.1 Å². The molecule has 6 aromatic rings. The van der Waals surface area contributed by atoms with Gasteiger partial charge in [-0.1, -0.05) is 140 Å². The Morgan fingerprint density at radius 1 is 0.389 bits per heavy atom. The quantitative estimate of drug-likeness (QED) is 0.221. The van der Waals surface area contributed by atoms with Crippen LogP contribution in [0.4, 0.5) is 0 Å². The van der Waals surface area contributed by atoms with Gasteiger partial charge in [0.2, 0.25) is 0 Å². The van der Waals surface area contributed by atoms with E-state index in [1.54, 1.807) is 0 Å². The summed E-state index contributed by atoms with van der Waals surface area (Å²) in [5, 5.41) is 6.62. The third-order valence-corrected chi connectivity index (χ3v) is 9.31. The van der Waals surface area contributed by atoms with E-state index in [1.807, 2.05) is 0 Å². The van der Waals surface area contributed by atoms with E-state index in [-0.39, 0.29) is 0 Å². The van der Waals surface area contributed by atoms with Crippen LogP contribution in [-0.2, 0) is 0 Å². The molecular weight excluding hydrogens is 448 g/mol. The molecule has 0 aromatic heterocycles. The van der Waals surface area contributed by atoms with Gasteiger partial charge in [0.1, 0.15) is 0 Å². The summed E-state index contributed by atoms with van der Waals surface area (Å²) in [6.45, 7) is 7.19. The number of fused-ring (bicyclic) bond motifs is 2. The highest BCUT2D eigenvalue weighted by molar-refractivity contribution is 6.88. The van der Waals surface area contributed by atoms with E-state index in [2.05, 4.69) is 147 Å². The van der Waals surface area contributed by atoms with Crippen molar-refractivity contribution in [3.8, 4) is 33.4 Å². The zero-order valence-electron chi connectivity index (χ0n) is 21.1. The summed E-state index contributed by atoms with van der Waals surface area (Å²) in [6, 6.07) is 46.9. The average molecular weight is 479 g/mol. The van der Waals surface area contributed by atoms with Crippen molar-refractivity contribution in [2.75, 3.05) is 0 Å². The summed E-state index contributed by atoms with van der Waals surface area (Å²) in [7, 11) is -1.27. The van der Waals surface area contributed by atoms with Crippen LogP contribution in [0.5, 0.6) is 0 Å². The lowest BCUT2D eigenvalue weighted by atomic mass is 9.95. The van der Waals surface area contributed by atoms with Gasteiger partial charge in [0.15, 0.2) is 0 Å². The first kappa shape index (κ1) is 22.5. The van der Waals surface area contributed by atoms with Crippen LogP contribution in [0, 0.1) is 0 Å². The summed E-state index contributed by atoms with van der Waals surface area (Å²) < 4.78 is 0. The molecule has 6 rings (SSSR count). The Labute approximate surface area is 214 Å². The monoisotopic (exact) mass is 478 g/mol. The molecule has 0 nitrogen and oxygen atoms in total. The normalized spacial score (nSPS) is 11.8. The van der Waals surface area contributed by atoms with Crippen molar-refractivity contribution in [3.05, 3.63) is 127 Å². The Morgan fingerprint density at radius 3 is 1.50 bits per heavy atom. The molecule has 0 spiro atoms. The largest absolute Gasteiger partial charge is 0.0775 e. The van der Waals surface area contributed by atoms with Gasteiger partial charge in [-0.3, -0.25) is 0 Å². The minimum absolute atomic E-state index is 1.24. The molecule has 0 fully saturated rings. The Morgan fingerprint density at radius 2 is 0.889 bits per heavy atom. The molecule has 0 N–H and O–H groups in total. The van der Waals surface area contributed by atoms with Gasteiger partial charge in [0.05, 0.1) is 8.07 Å². The van der Waals surface area contributed by atoms with Crippen LogP contribution in [0.3, 0.4) is 0 Å². The molecule has 0 saturated heterocycles. The second-order valence-electron chi connectivity index (χ2n) is 10.7. The highest BCUT2D eigenvalue weighted by atomic mass is 28.3. The predicted molar refractivity (Wildman–Crippen MR) is 161 cm³/mol. The Kier molecular flexibility index (Phi) is 5.58. The standard InChI is InChI=1S/C35H30Si/c1-36(2,3)33-21-19-26(20-22-33)30-16-18-31-23-29(15-17-32(31)24-30)25-11-13-28(14-12-25)35-10-6-8-27-7-4-5-9-34(27)35/h4-24H,1-3H3. The lowest BCUT2D eigenvalue weighted by molar-refractivity contribution is 1.61. The summed E-state index contributed by atoms with van der Waals surface area (Å²) in [6.07, 6.45) is 0. The van der Waals surface area contributed by atoms with E-state index < -0.39 is 8.07 Å². The minimum atomic E-state index is -1.27. The minimum Gasteiger partial charge on any atom is -0.0656 e. The number of rotatable bonds is 4. The fourth-order valence-corrected chi connectivity index (χ4v) is 6.25. The molecule has 0 aliphatic rings. The van der Waals surface area contributed by atoms with Crippen molar-refractivity contribution in [2.45, 2.75) is 19.6 Å². The summed E-state index contributed by atoms with van der Waals surface area (Å²) in [5.74, 6) is 0. The molecule has 0 atom stereocenters. The van der Waals surface area contributed by atoms with Crippen LogP contribution in [0.2, 0.25) is 19.6 Å². The fraction of sp³-hybridized carbons (Fsp3) is 0.0857. The van der Waals surface area contributed by atoms with Crippen LogP contribution in [0.25, 0.3) is 54.9 Å². The predicted octanol–water partition coefficient (Wildman–Crippen LogP) is 9.54. The Bertz CT molecular complexity index is 1680. The lowest BCUT2D eigenvalue weighted by Crippen LogP contribution is -2.37. The second kappa shape index (κ2) is 8.93. The molecule has 0 aliphatic carbocycles. The Balaban J connectivity index is 1.29. The summed E-state index contributed by atoms with van der Waals surface area (Å²) in [5.41, 5.74) is 7.58. The van der Waals surface area contributed by atoms with Crippen LogP contribution in [0.1, 0.15) is 0 Å². The van der Waals surface area contributed by atoms with Crippen molar-refractivity contribution in [3.63, 3.8) is 0 Å². The number of benzene rings is 6. The molecule has 0 radical (unpaired) electrons. The third kappa shape index (κ3) is 4.27. The van der Waals surface area contributed by atoms with E-state index in [4.69, 9.17) is 0 Å². The smallest absolute Gasteiger partial charge is 0.0656 e. The van der Waals surface area contributed by atoms with Gasteiger partial charge in [-0.05, 0) is 67.1 Å². The van der Waals surface area contributed by atoms with Crippen LogP contribution in [-0.4, -0.2) is 8.07 Å². The molecule has 0 saturated carbocycles. The van der Waals surface area contributed by atoms with Crippen molar-refractivity contribution >= 4 is 34.8 Å². The van der Waals surface area contributed by atoms with Gasteiger partial charge >= 0.3 is 0 Å². The average Bonchev–Trinajstić information content (AvgIpc) is 2.92. The van der Waals surface area contributed by atoms with E-state index in [0.717, 1.165) is 0 Å². The van der Waals surface area contributed by atoms with Gasteiger partial charge < -0.3 is 0 Å². The van der Waals surface area contributed by atoms with E-state index in [9.17, 15) is 0 Å². The summed E-state index contributed by atoms with van der Waals surface area (Å²) >= 11 is 0. The number of hydrogen-bond acceptors (Lipinski definition) is 0. The van der Waals surface area contributed by atoms with Gasteiger partial charge in [-0.2, -0.15) is 0 Å². The van der Waals surface area contributed by atoms with Gasteiger partial charge in [0.25, 0.3) is 0 Å². The highest BCUT2D eigenvalue weighted by Crippen LogP contribution is 2.32. The van der Waals surface area contributed by atoms with E-state index in [0.29, 0.717) is 0 Å².